The van der Waals surface area contributed by atoms with Crippen molar-refractivity contribution in [3.05, 3.63) is 0 Å². The van der Waals surface area contributed by atoms with Crippen molar-refractivity contribution < 1.29 is 19.5 Å². The summed E-state index contributed by atoms with van der Waals surface area (Å²) in [6.45, 7) is 2.95. The van der Waals surface area contributed by atoms with E-state index in [0.717, 1.165) is 12.8 Å². The van der Waals surface area contributed by atoms with E-state index in [9.17, 15) is 14.4 Å². The molecule has 0 spiro atoms. The molecule has 2 aliphatic rings. The SMILES string of the molecule is CCN1CC(C(=O)NC(CC(=O)O)C2CC2)CC1=O. The third-order valence-corrected chi connectivity index (χ3v) is 3.88. The lowest BCUT2D eigenvalue weighted by molar-refractivity contribution is -0.138. The van der Waals surface area contributed by atoms with Gasteiger partial charge in [0.25, 0.3) is 0 Å². The highest BCUT2D eigenvalue weighted by molar-refractivity contribution is 5.89. The van der Waals surface area contributed by atoms with Gasteiger partial charge in [0, 0.05) is 25.6 Å². The molecule has 2 atom stereocenters. The predicted molar refractivity (Wildman–Crippen MR) is 67.3 cm³/mol. The highest BCUT2D eigenvalue weighted by atomic mass is 16.4. The van der Waals surface area contributed by atoms with E-state index < -0.39 is 5.97 Å². The Kier molecular flexibility index (Phi) is 4.07. The van der Waals surface area contributed by atoms with Gasteiger partial charge in [-0.3, -0.25) is 14.4 Å². The summed E-state index contributed by atoms with van der Waals surface area (Å²) in [5.41, 5.74) is 0. The molecule has 0 aromatic rings. The first kappa shape index (κ1) is 13.8. The maximum absolute atomic E-state index is 12.1. The fourth-order valence-electron chi connectivity index (χ4n) is 2.58. The third kappa shape index (κ3) is 3.45. The van der Waals surface area contributed by atoms with Gasteiger partial charge in [-0.2, -0.15) is 0 Å². The molecule has 0 bridgehead atoms. The molecule has 6 heteroatoms. The summed E-state index contributed by atoms with van der Waals surface area (Å²) in [5.74, 6) is -1.11. The van der Waals surface area contributed by atoms with Crippen molar-refractivity contribution in [2.75, 3.05) is 13.1 Å². The van der Waals surface area contributed by atoms with E-state index in [4.69, 9.17) is 5.11 Å². The van der Waals surface area contributed by atoms with Crippen molar-refractivity contribution in [1.29, 1.82) is 0 Å². The van der Waals surface area contributed by atoms with Gasteiger partial charge in [-0.15, -0.1) is 0 Å². The quantitative estimate of drug-likeness (QED) is 0.721. The van der Waals surface area contributed by atoms with Gasteiger partial charge in [0.2, 0.25) is 11.8 Å². The van der Waals surface area contributed by atoms with Crippen molar-refractivity contribution in [3.8, 4) is 0 Å². The van der Waals surface area contributed by atoms with Gasteiger partial charge in [0.15, 0.2) is 0 Å². The highest BCUT2D eigenvalue weighted by Gasteiger charge is 2.38. The molecule has 106 valence electrons. The second-order valence-corrected chi connectivity index (χ2v) is 5.38. The van der Waals surface area contributed by atoms with Crippen LogP contribution in [0.25, 0.3) is 0 Å². The highest BCUT2D eigenvalue weighted by Crippen LogP contribution is 2.34. The lowest BCUT2D eigenvalue weighted by Crippen LogP contribution is -2.42. The van der Waals surface area contributed by atoms with Crippen molar-refractivity contribution >= 4 is 17.8 Å². The molecule has 0 aromatic heterocycles. The molecule has 2 rings (SSSR count). The molecular weight excluding hydrogens is 248 g/mol. The second-order valence-electron chi connectivity index (χ2n) is 5.38. The molecular formula is C13H20N2O4. The lowest BCUT2D eigenvalue weighted by atomic mass is 10.0. The van der Waals surface area contributed by atoms with E-state index in [-0.39, 0.29) is 36.6 Å². The van der Waals surface area contributed by atoms with Crippen LogP contribution in [0.3, 0.4) is 0 Å². The Balaban J connectivity index is 1.89. The summed E-state index contributed by atoms with van der Waals surface area (Å²) in [6, 6.07) is -0.282. The van der Waals surface area contributed by atoms with Gasteiger partial charge in [-0.05, 0) is 25.7 Å². The van der Waals surface area contributed by atoms with Crippen LogP contribution in [0.4, 0.5) is 0 Å². The molecule has 2 N–H and O–H groups in total. The maximum atomic E-state index is 12.1. The van der Waals surface area contributed by atoms with Gasteiger partial charge < -0.3 is 15.3 Å². The number of aliphatic carboxylic acids is 1. The summed E-state index contributed by atoms with van der Waals surface area (Å²) >= 11 is 0. The van der Waals surface area contributed by atoms with Crippen molar-refractivity contribution in [2.24, 2.45) is 11.8 Å². The van der Waals surface area contributed by atoms with E-state index in [0.29, 0.717) is 19.0 Å². The Morgan fingerprint density at radius 2 is 2.16 bits per heavy atom. The molecule has 6 nitrogen and oxygen atoms in total. The minimum Gasteiger partial charge on any atom is -0.481 e. The molecule has 1 heterocycles. The van der Waals surface area contributed by atoms with E-state index >= 15 is 0 Å². The minimum absolute atomic E-state index is 0.00357. The van der Waals surface area contributed by atoms with Crippen LogP contribution >= 0.6 is 0 Å². The number of carboxylic acid groups (broad SMARTS) is 1. The number of nitrogens with one attached hydrogen (secondary N) is 1. The minimum atomic E-state index is -0.894. The van der Waals surface area contributed by atoms with Crippen molar-refractivity contribution in [3.63, 3.8) is 0 Å². The van der Waals surface area contributed by atoms with Crippen LogP contribution in [-0.2, 0) is 14.4 Å². The second kappa shape index (κ2) is 5.59. The first-order chi connectivity index (χ1) is 9.01. The van der Waals surface area contributed by atoms with Crippen LogP contribution < -0.4 is 5.32 Å². The van der Waals surface area contributed by atoms with Crippen LogP contribution in [0.15, 0.2) is 0 Å². The first-order valence-corrected chi connectivity index (χ1v) is 6.81. The van der Waals surface area contributed by atoms with Crippen LogP contribution in [0.5, 0.6) is 0 Å². The predicted octanol–water partition coefficient (Wildman–Crippen LogP) is 0.224. The molecule has 1 aliphatic carbocycles. The normalized spacial score (nSPS) is 24.4. The Labute approximate surface area is 112 Å². The van der Waals surface area contributed by atoms with Gasteiger partial charge in [-0.1, -0.05) is 0 Å². The number of rotatable bonds is 6. The molecule has 0 radical (unpaired) electrons. The fourth-order valence-corrected chi connectivity index (χ4v) is 2.58. The summed E-state index contributed by atoms with van der Waals surface area (Å²) in [4.78, 5) is 36.1. The molecule has 1 aliphatic heterocycles. The van der Waals surface area contributed by atoms with E-state index in [1.165, 1.54) is 0 Å². The number of carbonyl (C=O) groups excluding carboxylic acids is 2. The third-order valence-electron chi connectivity index (χ3n) is 3.88. The van der Waals surface area contributed by atoms with Crippen LogP contribution in [-0.4, -0.2) is 46.9 Å². The number of likely N-dealkylation sites (tertiary alicyclic amines) is 1. The van der Waals surface area contributed by atoms with Crippen LogP contribution in [0, 0.1) is 11.8 Å². The zero-order valence-corrected chi connectivity index (χ0v) is 11.1. The Morgan fingerprint density at radius 1 is 1.47 bits per heavy atom. The topological polar surface area (TPSA) is 86.7 Å². The first-order valence-electron chi connectivity index (χ1n) is 6.81. The summed E-state index contributed by atoms with van der Waals surface area (Å²) in [7, 11) is 0. The number of nitrogens with zero attached hydrogens (tertiary/aromatic N) is 1. The van der Waals surface area contributed by atoms with Crippen LogP contribution in [0.2, 0.25) is 0 Å². The van der Waals surface area contributed by atoms with E-state index in [1.54, 1.807) is 4.90 Å². The molecule has 19 heavy (non-hydrogen) atoms. The number of hydrogen-bond donors (Lipinski definition) is 2. The van der Waals surface area contributed by atoms with E-state index in [1.807, 2.05) is 6.92 Å². The van der Waals surface area contributed by atoms with Gasteiger partial charge in [0.1, 0.15) is 0 Å². The number of hydrogen-bond acceptors (Lipinski definition) is 3. The number of carboxylic acids is 1. The average molecular weight is 268 g/mol. The Morgan fingerprint density at radius 3 is 2.63 bits per heavy atom. The van der Waals surface area contributed by atoms with Crippen LogP contribution in [0.1, 0.15) is 32.6 Å². The lowest BCUT2D eigenvalue weighted by Gasteiger charge is -2.19. The average Bonchev–Trinajstić information content (AvgIpc) is 3.11. The largest absolute Gasteiger partial charge is 0.481 e. The summed E-state index contributed by atoms with van der Waals surface area (Å²) in [5, 5.41) is 11.7. The Bertz CT molecular complexity index is 392. The van der Waals surface area contributed by atoms with Gasteiger partial charge in [-0.25, -0.2) is 0 Å². The molecule has 2 amide bonds. The van der Waals surface area contributed by atoms with Gasteiger partial charge in [0.05, 0.1) is 12.3 Å². The fraction of sp³-hybridized carbons (Fsp3) is 0.769. The standard InChI is InChI=1S/C13H20N2O4/c1-2-15-7-9(5-11(15)16)13(19)14-10(6-12(17)18)8-3-4-8/h8-10H,2-7H2,1H3,(H,14,19)(H,17,18). The van der Waals surface area contributed by atoms with Crippen molar-refractivity contribution in [1.82, 2.24) is 10.2 Å². The van der Waals surface area contributed by atoms with E-state index in [2.05, 4.69) is 5.32 Å². The van der Waals surface area contributed by atoms with Gasteiger partial charge >= 0.3 is 5.97 Å². The zero-order chi connectivity index (χ0) is 14.0. The number of carbonyl (C=O) groups is 3. The maximum Gasteiger partial charge on any atom is 0.305 e. The molecule has 2 fully saturated rings. The molecule has 2 unspecified atom stereocenters. The number of amides is 2. The zero-order valence-electron chi connectivity index (χ0n) is 11.1. The summed E-state index contributed by atoms with van der Waals surface area (Å²) < 4.78 is 0. The Hall–Kier alpha value is -1.59. The smallest absolute Gasteiger partial charge is 0.305 e. The molecule has 0 aromatic carbocycles. The molecule has 1 saturated carbocycles. The monoisotopic (exact) mass is 268 g/mol. The summed E-state index contributed by atoms with van der Waals surface area (Å²) in [6.07, 6.45) is 2.16. The molecule has 1 saturated heterocycles. The van der Waals surface area contributed by atoms with Crippen molar-refractivity contribution in [2.45, 2.75) is 38.6 Å².